The molecule has 36 heavy (non-hydrogen) atoms. The van der Waals surface area contributed by atoms with Crippen molar-refractivity contribution >= 4 is 23.2 Å². The standard InChI is InChI=1S/C25H24F6N2O3/c1-13-5-4-6-14(2)20(13)33-12-23(11-18(36-3)10-19(23)21(33)34)22(35)32-17-8-15(24(26,27)28)7-16(9-17)25(29,30)31/h4-9,18-19H,10-12H2,1-3H3,(H,32,35)/t18-,19?,23?/m1/s1. The Kier molecular flexibility index (Phi) is 6.35. The molecule has 1 heterocycles. The van der Waals surface area contributed by atoms with E-state index in [4.69, 9.17) is 4.74 Å². The summed E-state index contributed by atoms with van der Waals surface area (Å²) in [6.45, 7) is 3.56. The van der Waals surface area contributed by atoms with Gasteiger partial charge in [0.25, 0.3) is 0 Å². The number of methoxy groups -OCH3 is 1. The predicted molar refractivity (Wildman–Crippen MR) is 119 cm³/mol. The van der Waals surface area contributed by atoms with Crippen molar-refractivity contribution in [3.05, 3.63) is 58.7 Å². The Morgan fingerprint density at radius 1 is 1.03 bits per heavy atom. The summed E-state index contributed by atoms with van der Waals surface area (Å²) in [5.74, 6) is -1.99. The number of hydrogen-bond donors (Lipinski definition) is 1. The third kappa shape index (κ3) is 4.44. The number of hydrogen-bond acceptors (Lipinski definition) is 3. The molecule has 3 atom stereocenters. The van der Waals surface area contributed by atoms with Gasteiger partial charge in [0.05, 0.1) is 28.6 Å². The minimum atomic E-state index is -5.06. The molecule has 1 saturated heterocycles. The summed E-state index contributed by atoms with van der Waals surface area (Å²) >= 11 is 0. The second-order valence-electron chi connectivity index (χ2n) is 9.42. The minimum absolute atomic E-state index is 0.00491. The quantitative estimate of drug-likeness (QED) is 0.530. The summed E-state index contributed by atoms with van der Waals surface area (Å²) in [6, 6.07) is 6.37. The number of rotatable bonds is 4. The zero-order valence-electron chi connectivity index (χ0n) is 19.7. The van der Waals surface area contributed by atoms with Crippen LogP contribution in [0.2, 0.25) is 0 Å². The molecule has 1 saturated carbocycles. The molecule has 2 unspecified atom stereocenters. The van der Waals surface area contributed by atoms with Gasteiger partial charge >= 0.3 is 12.4 Å². The Morgan fingerprint density at radius 2 is 1.58 bits per heavy atom. The fourth-order valence-electron chi connectivity index (χ4n) is 5.39. The number of aryl methyl sites for hydroxylation is 2. The SMILES string of the molecule is CO[C@@H]1CC2C(=O)N(c3c(C)cccc3C)CC2(C(=O)Nc2cc(C(F)(F)F)cc(C(F)(F)F)c2)C1. The van der Waals surface area contributed by atoms with Gasteiger partial charge in [-0.1, -0.05) is 18.2 Å². The number of carbonyl (C=O) groups is 2. The van der Waals surface area contributed by atoms with Crippen LogP contribution in [0.5, 0.6) is 0 Å². The number of fused-ring (bicyclic) bond motifs is 1. The molecule has 194 valence electrons. The molecule has 5 nitrogen and oxygen atoms in total. The van der Waals surface area contributed by atoms with E-state index in [0.717, 1.165) is 11.1 Å². The van der Waals surface area contributed by atoms with Crippen molar-refractivity contribution in [1.29, 1.82) is 0 Å². The molecule has 11 heteroatoms. The van der Waals surface area contributed by atoms with Crippen molar-refractivity contribution in [2.45, 2.75) is 45.1 Å². The van der Waals surface area contributed by atoms with E-state index in [2.05, 4.69) is 5.32 Å². The molecule has 2 aromatic rings. The van der Waals surface area contributed by atoms with Crippen molar-refractivity contribution in [2.75, 3.05) is 23.9 Å². The first kappa shape index (κ1) is 26.0. The van der Waals surface area contributed by atoms with Gasteiger partial charge in [-0.2, -0.15) is 26.3 Å². The van der Waals surface area contributed by atoms with E-state index >= 15 is 0 Å². The number of nitrogens with one attached hydrogen (secondary N) is 1. The minimum Gasteiger partial charge on any atom is -0.381 e. The maximum atomic E-state index is 13.6. The smallest absolute Gasteiger partial charge is 0.381 e. The Morgan fingerprint density at radius 3 is 2.08 bits per heavy atom. The largest absolute Gasteiger partial charge is 0.416 e. The van der Waals surface area contributed by atoms with Gasteiger partial charge < -0.3 is 15.0 Å². The molecular formula is C25H24F6N2O3. The van der Waals surface area contributed by atoms with Gasteiger partial charge in [0.1, 0.15) is 0 Å². The maximum absolute atomic E-state index is 13.6. The van der Waals surface area contributed by atoms with Crippen LogP contribution in [0.15, 0.2) is 36.4 Å². The van der Waals surface area contributed by atoms with Crippen LogP contribution in [0.25, 0.3) is 0 Å². The van der Waals surface area contributed by atoms with Gasteiger partial charge in [-0.25, -0.2) is 0 Å². The molecule has 0 bridgehead atoms. The lowest BCUT2D eigenvalue weighted by atomic mass is 9.79. The van der Waals surface area contributed by atoms with Crippen LogP contribution in [-0.2, 0) is 26.7 Å². The van der Waals surface area contributed by atoms with Gasteiger partial charge in [0.2, 0.25) is 11.8 Å². The highest BCUT2D eigenvalue weighted by Gasteiger charge is 2.62. The molecule has 2 aromatic carbocycles. The second-order valence-corrected chi connectivity index (χ2v) is 9.42. The highest BCUT2D eigenvalue weighted by molar-refractivity contribution is 6.08. The van der Waals surface area contributed by atoms with E-state index < -0.39 is 52.5 Å². The number of amides is 2. The van der Waals surface area contributed by atoms with E-state index in [-0.39, 0.29) is 31.4 Å². The van der Waals surface area contributed by atoms with Crippen molar-refractivity contribution in [1.82, 2.24) is 0 Å². The summed E-state index contributed by atoms with van der Waals surface area (Å²) in [5, 5.41) is 2.26. The number of anilines is 2. The zero-order valence-corrected chi connectivity index (χ0v) is 19.7. The van der Waals surface area contributed by atoms with Gasteiger partial charge in [-0.3, -0.25) is 9.59 Å². The monoisotopic (exact) mass is 514 g/mol. The molecule has 0 radical (unpaired) electrons. The van der Waals surface area contributed by atoms with E-state index in [1.54, 1.807) is 0 Å². The van der Waals surface area contributed by atoms with Gasteiger partial charge in [0, 0.05) is 25.0 Å². The van der Waals surface area contributed by atoms with Crippen molar-refractivity contribution in [2.24, 2.45) is 11.3 Å². The molecule has 4 rings (SSSR count). The van der Waals surface area contributed by atoms with Crippen molar-refractivity contribution < 1.29 is 40.7 Å². The number of alkyl halides is 6. The van der Waals surface area contributed by atoms with Crippen LogP contribution < -0.4 is 10.2 Å². The Labute approximate surface area is 203 Å². The maximum Gasteiger partial charge on any atom is 0.416 e. The topological polar surface area (TPSA) is 58.6 Å². The summed E-state index contributed by atoms with van der Waals surface area (Å²) in [6.07, 6.45) is -10.3. The van der Waals surface area contributed by atoms with Crippen LogP contribution in [0.1, 0.15) is 35.1 Å². The Hall–Kier alpha value is -3.08. The number of para-hydroxylation sites is 1. The van der Waals surface area contributed by atoms with Gasteiger partial charge in [-0.05, 0) is 56.0 Å². The first-order chi connectivity index (χ1) is 16.7. The molecule has 1 aliphatic carbocycles. The fourth-order valence-corrected chi connectivity index (χ4v) is 5.39. The number of benzene rings is 2. The van der Waals surface area contributed by atoms with Crippen LogP contribution >= 0.6 is 0 Å². The lowest BCUT2D eigenvalue weighted by Gasteiger charge is -2.28. The van der Waals surface area contributed by atoms with E-state index in [1.165, 1.54) is 12.0 Å². The predicted octanol–water partition coefficient (Wildman–Crippen LogP) is 5.74. The second kappa shape index (κ2) is 8.79. The average molecular weight is 514 g/mol. The Balaban J connectivity index is 1.74. The molecule has 2 fully saturated rings. The third-order valence-electron chi connectivity index (χ3n) is 7.10. The number of carbonyl (C=O) groups excluding carboxylic acids is 2. The average Bonchev–Trinajstić information content (AvgIpc) is 3.28. The first-order valence-electron chi connectivity index (χ1n) is 11.2. The lowest BCUT2D eigenvalue weighted by molar-refractivity contribution is -0.143. The molecule has 0 aromatic heterocycles. The molecule has 1 aliphatic heterocycles. The molecule has 2 amide bonds. The van der Waals surface area contributed by atoms with Gasteiger partial charge in [0.15, 0.2) is 0 Å². The van der Waals surface area contributed by atoms with Crippen LogP contribution in [-0.4, -0.2) is 31.6 Å². The summed E-state index contributed by atoms with van der Waals surface area (Å²) in [4.78, 5) is 28.6. The summed E-state index contributed by atoms with van der Waals surface area (Å²) < 4.78 is 85.2. The molecule has 0 spiro atoms. The first-order valence-corrected chi connectivity index (χ1v) is 11.2. The van der Waals surface area contributed by atoms with Crippen molar-refractivity contribution in [3.63, 3.8) is 0 Å². The molecular weight excluding hydrogens is 490 g/mol. The number of ether oxygens (including phenoxy) is 1. The summed E-state index contributed by atoms with van der Waals surface area (Å²) in [5.41, 5.74) is -2.88. The summed E-state index contributed by atoms with van der Waals surface area (Å²) in [7, 11) is 1.42. The normalized spacial score (nSPS) is 24.2. The highest BCUT2D eigenvalue weighted by Crippen LogP contribution is 2.52. The van der Waals surface area contributed by atoms with Crippen LogP contribution in [0, 0.1) is 25.2 Å². The molecule has 1 N–H and O–H groups in total. The Bertz CT molecular complexity index is 1160. The van der Waals surface area contributed by atoms with Crippen molar-refractivity contribution in [3.8, 4) is 0 Å². The van der Waals surface area contributed by atoms with E-state index in [0.29, 0.717) is 17.8 Å². The lowest BCUT2D eigenvalue weighted by Crippen LogP contribution is -2.41. The fraction of sp³-hybridized carbons (Fsp3) is 0.440. The van der Waals surface area contributed by atoms with E-state index in [1.807, 2.05) is 32.0 Å². The van der Waals surface area contributed by atoms with Crippen LogP contribution in [0.3, 0.4) is 0 Å². The number of halogens is 6. The molecule has 2 aliphatic rings. The van der Waals surface area contributed by atoms with Gasteiger partial charge in [-0.15, -0.1) is 0 Å². The zero-order chi connectivity index (χ0) is 26.6. The van der Waals surface area contributed by atoms with Crippen LogP contribution in [0.4, 0.5) is 37.7 Å². The highest BCUT2D eigenvalue weighted by atomic mass is 19.4. The number of nitrogens with zero attached hydrogens (tertiary/aromatic N) is 1. The van der Waals surface area contributed by atoms with E-state index in [9.17, 15) is 35.9 Å². The third-order valence-corrected chi connectivity index (χ3v) is 7.10.